The zero-order valence-corrected chi connectivity index (χ0v) is 17.5. The molecule has 1 aliphatic heterocycles. The summed E-state index contributed by atoms with van der Waals surface area (Å²) in [6, 6.07) is 13.5. The number of sulfonamides is 1. The summed E-state index contributed by atoms with van der Waals surface area (Å²) in [6.45, 7) is 6.96. The van der Waals surface area contributed by atoms with Gasteiger partial charge in [0.1, 0.15) is 10.6 Å². The second kappa shape index (κ2) is 9.05. The largest absolute Gasteiger partial charge is 0.495 e. The fraction of sp³-hybridized carbons (Fsp3) is 0.429. The second-order valence-corrected chi connectivity index (χ2v) is 8.79. The zero-order chi connectivity index (χ0) is 20.1. The van der Waals surface area contributed by atoms with Gasteiger partial charge in [-0.25, -0.2) is 13.1 Å². The van der Waals surface area contributed by atoms with Crippen molar-refractivity contribution >= 4 is 10.0 Å². The molecule has 0 bridgehead atoms. The van der Waals surface area contributed by atoms with E-state index < -0.39 is 10.0 Å². The first-order valence-electron chi connectivity index (χ1n) is 9.44. The van der Waals surface area contributed by atoms with Crippen molar-refractivity contribution in [1.29, 1.82) is 0 Å². The standard InChI is InChI=1S/C21H28N2O4S/c1-16-13-19(26-3)21(14-17(16)2)28(24,25)22-9-10-23-11-12-27-20(15-23)18-7-5-4-6-8-18/h4-8,13-14,20,22H,9-12,15H2,1-3H3. The summed E-state index contributed by atoms with van der Waals surface area (Å²) in [4.78, 5) is 2.41. The lowest BCUT2D eigenvalue weighted by Gasteiger charge is -2.33. The van der Waals surface area contributed by atoms with Gasteiger partial charge in [0.25, 0.3) is 0 Å². The van der Waals surface area contributed by atoms with E-state index in [1.54, 1.807) is 12.1 Å². The Balaban J connectivity index is 1.60. The molecular weight excluding hydrogens is 376 g/mol. The number of benzene rings is 2. The summed E-state index contributed by atoms with van der Waals surface area (Å²) in [5, 5.41) is 0. The van der Waals surface area contributed by atoms with Gasteiger partial charge >= 0.3 is 0 Å². The van der Waals surface area contributed by atoms with Gasteiger partial charge in [-0.05, 0) is 42.7 Å². The Morgan fingerprint density at radius 1 is 1.18 bits per heavy atom. The number of ether oxygens (including phenoxy) is 2. The van der Waals surface area contributed by atoms with Crippen LogP contribution in [0.5, 0.6) is 5.75 Å². The third-order valence-electron chi connectivity index (χ3n) is 5.11. The Labute approximate surface area is 167 Å². The monoisotopic (exact) mass is 404 g/mol. The summed E-state index contributed by atoms with van der Waals surface area (Å²) in [5.41, 5.74) is 3.06. The van der Waals surface area contributed by atoms with E-state index in [1.807, 2.05) is 32.0 Å². The molecule has 1 saturated heterocycles. The highest BCUT2D eigenvalue weighted by atomic mass is 32.2. The van der Waals surface area contributed by atoms with Gasteiger partial charge in [-0.1, -0.05) is 30.3 Å². The molecule has 1 aliphatic rings. The lowest BCUT2D eigenvalue weighted by atomic mass is 10.1. The molecule has 0 spiro atoms. The van der Waals surface area contributed by atoms with Gasteiger partial charge in [-0.2, -0.15) is 0 Å². The third-order valence-corrected chi connectivity index (χ3v) is 6.59. The molecule has 0 radical (unpaired) electrons. The molecule has 0 aromatic heterocycles. The van der Waals surface area contributed by atoms with Gasteiger partial charge in [-0.15, -0.1) is 0 Å². The average Bonchev–Trinajstić information content (AvgIpc) is 2.70. The zero-order valence-electron chi connectivity index (χ0n) is 16.6. The van der Waals surface area contributed by atoms with E-state index in [0.29, 0.717) is 25.4 Å². The van der Waals surface area contributed by atoms with E-state index in [4.69, 9.17) is 9.47 Å². The van der Waals surface area contributed by atoms with Gasteiger partial charge in [0.15, 0.2) is 0 Å². The van der Waals surface area contributed by atoms with Gasteiger partial charge in [-0.3, -0.25) is 4.90 Å². The van der Waals surface area contributed by atoms with Crippen LogP contribution in [0.2, 0.25) is 0 Å². The Morgan fingerprint density at radius 3 is 2.61 bits per heavy atom. The first-order chi connectivity index (χ1) is 13.4. The molecule has 152 valence electrons. The molecule has 0 amide bonds. The van der Waals surface area contributed by atoms with Crippen LogP contribution in [-0.4, -0.2) is 53.2 Å². The summed E-state index contributed by atoms with van der Waals surface area (Å²) in [5.74, 6) is 0.367. The molecule has 1 unspecified atom stereocenters. The molecule has 1 heterocycles. The maximum absolute atomic E-state index is 12.8. The summed E-state index contributed by atoms with van der Waals surface area (Å²) >= 11 is 0. The Bertz CT molecular complexity index is 900. The van der Waals surface area contributed by atoms with Crippen molar-refractivity contribution in [2.75, 3.05) is 39.9 Å². The summed E-state index contributed by atoms with van der Waals surface area (Å²) < 4.78 is 39.4. The molecule has 0 saturated carbocycles. The molecule has 28 heavy (non-hydrogen) atoms. The maximum Gasteiger partial charge on any atom is 0.244 e. The predicted molar refractivity (Wildman–Crippen MR) is 109 cm³/mol. The second-order valence-electron chi connectivity index (χ2n) is 7.06. The van der Waals surface area contributed by atoms with Crippen molar-refractivity contribution in [1.82, 2.24) is 9.62 Å². The van der Waals surface area contributed by atoms with Crippen LogP contribution in [0.15, 0.2) is 47.4 Å². The van der Waals surface area contributed by atoms with E-state index in [0.717, 1.165) is 29.8 Å². The fourth-order valence-electron chi connectivity index (χ4n) is 3.32. The van der Waals surface area contributed by atoms with Crippen LogP contribution in [0.4, 0.5) is 0 Å². The number of hydrogen-bond acceptors (Lipinski definition) is 5. The highest BCUT2D eigenvalue weighted by Gasteiger charge is 2.23. The number of nitrogens with zero attached hydrogens (tertiary/aromatic N) is 1. The maximum atomic E-state index is 12.8. The highest BCUT2D eigenvalue weighted by molar-refractivity contribution is 7.89. The minimum absolute atomic E-state index is 0.0198. The number of nitrogens with one attached hydrogen (secondary N) is 1. The number of aryl methyl sites for hydroxylation is 2. The molecule has 1 N–H and O–H groups in total. The van der Waals surface area contributed by atoms with Crippen LogP contribution in [0, 0.1) is 13.8 Å². The van der Waals surface area contributed by atoms with Crippen molar-refractivity contribution < 1.29 is 17.9 Å². The average molecular weight is 405 g/mol. The normalized spacial score (nSPS) is 18.2. The topological polar surface area (TPSA) is 67.9 Å². The molecule has 2 aromatic rings. The first-order valence-corrected chi connectivity index (χ1v) is 10.9. The van der Waals surface area contributed by atoms with Gasteiger partial charge in [0, 0.05) is 26.2 Å². The smallest absolute Gasteiger partial charge is 0.244 e. The van der Waals surface area contributed by atoms with E-state index in [1.165, 1.54) is 7.11 Å². The lowest BCUT2D eigenvalue weighted by Crippen LogP contribution is -2.42. The van der Waals surface area contributed by atoms with Crippen molar-refractivity contribution in [3.63, 3.8) is 0 Å². The van der Waals surface area contributed by atoms with Crippen LogP contribution < -0.4 is 9.46 Å². The molecular formula is C21H28N2O4S. The molecule has 1 atom stereocenters. The molecule has 6 nitrogen and oxygen atoms in total. The van der Waals surface area contributed by atoms with Crippen LogP contribution in [0.25, 0.3) is 0 Å². The molecule has 0 aliphatic carbocycles. The molecule has 3 rings (SSSR count). The first kappa shape index (κ1) is 20.8. The van der Waals surface area contributed by atoms with Crippen molar-refractivity contribution in [2.45, 2.75) is 24.8 Å². The fourth-order valence-corrected chi connectivity index (χ4v) is 4.58. The van der Waals surface area contributed by atoms with E-state index in [2.05, 4.69) is 21.8 Å². The van der Waals surface area contributed by atoms with Crippen molar-refractivity contribution in [3.05, 3.63) is 59.2 Å². The SMILES string of the molecule is COc1cc(C)c(C)cc1S(=O)(=O)NCCN1CCOC(c2ccccc2)C1. The predicted octanol–water partition coefficient (Wildman–Crippen LogP) is 2.66. The van der Waals surface area contributed by atoms with Gasteiger partial charge < -0.3 is 9.47 Å². The van der Waals surface area contributed by atoms with Gasteiger partial charge in [0.2, 0.25) is 10.0 Å². The molecule has 7 heteroatoms. The summed E-state index contributed by atoms with van der Waals surface area (Å²) in [6.07, 6.45) is 0.0198. The number of methoxy groups -OCH3 is 1. The van der Waals surface area contributed by atoms with Gasteiger partial charge in [0.05, 0.1) is 19.8 Å². The van der Waals surface area contributed by atoms with Crippen molar-refractivity contribution in [3.8, 4) is 5.75 Å². The van der Waals surface area contributed by atoms with Crippen LogP contribution in [0.1, 0.15) is 22.8 Å². The van der Waals surface area contributed by atoms with Crippen molar-refractivity contribution in [2.24, 2.45) is 0 Å². The minimum Gasteiger partial charge on any atom is -0.495 e. The quantitative estimate of drug-likeness (QED) is 0.768. The Morgan fingerprint density at radius 2 is 1.89 bits per heavy atom. The minimum atomic E-state index is -3.64. The molecule has 2 aromatic carbocycles. The van der Waals surface area contributed by atoms with Crippen LogP contribution in [-0.2, 0) is 14.8 Å². The number of morpholine rings is 1. The van der Waals surface area contributed by atoms with Crippen LogP contribution in [0.3, 0.4) is 0 Å². The Hall–Kier alpha value is -1.93. The van der Waals surface area contributed by atoms with E-state index in [9.17, 15) is 8.42 Å². The van der Waals surface area contributed by atoms with E-state index >= 15 is 0 Å². The Kier molecular flexibility index (Phi) is 6.72. The highest BCUT2D eigenvalue weighted by Crippen LogP contribution is 2.27. The number of rotatable bonds is 7. The van der Waals surface area contributed by atoms with E-state index in [-0.39, 0.29) is 11.0 Å². The molecule has 1 fully saturated rings. The lowest BCUT2D eigenvalue weighted by molar-refractivity contribution is -0.0291. The number of hydrogen-bond donors (Lipinski definition) is 1. The third kappa shape index (κ3) is 4.91. The summed E-state index contributed by atoms with van der Waals surface area (Å²) in [7, 11) is -2.16. The van der Waals surface area contributed by atoms with Crippen LogP contribution >= 0.6 is 0 Å².